The number of likely N-dealkylation sites (tertiary alicyclic amines) is 1. The average molecular weight is 265 g/mol. The molecule has 0 spiro atoms. The standard InChI is InChI=1S/C13H15NO3S/c15-12(9-18-10-5-2-1-3-6-10)14-8-4-7-11(14)13(16)17/h1-3,5-6,11H,4,7-9H2,(H,16,17)/t11-/m0/s1. The van der Waals surface area contributed by atoms with Crippen LogP contribution >= 0.6 is 11.8 Å². The molecule has 2 rings (SSSR count). The molecule has 0 aliphatic carbocycles. The Kier molecular flexibility index (Phi) is 4.25. The van der Waals surface area contributed by atoms with Gasteiger partial charge in [0.05, 0.1) is 5.75 Å². The molecule has 0 bridgehead atoms. The van der Waals surface area contributed by atoms with Crippen LogP contribution in [0.2, 0.25) is 0 Å². The minimum Gasteiger partial charge on any atom is -0.480 e. The van der Waals surface area contributed by atoms with E-state index in [0.717, 1.165) is 11.3 Å². The number of rotatable bonds is 4. The number of benzene rings is 1. The summed E-state index contributed by atoms with van der Waals surface area (Å²) in [6.45, 7) is 0.561. The van der Waals surface area contributed by atoms with E-state index >= 15 is 0 Å². The van der Waals surface area contributed by atoms with Crippen LogP contribution in [0.15, 0.2) is 35.2 Å². The number of nitrogens with zero attached hydrogens (tertiary/aromatic N) is 1. The zero-order chi connectivity index (χ0) is 13.0. The number of carbonyl (C=O) groups excluding carboxylic acids is 1. The molecule has 0 radical (unpaired) electrons. The van der Waals surface area contributed by atoms with Gasteiger partial charge in [-0.1, -0.05) is 18.2 Å². The first-order valence-electron chi connectivity index (χ1n) is 5.88. The van der Waals surface area contributed by atoms with Gasteiger partial charge in [0, 0.05) is 11.4 Å². The predicted octanol–water partition coefficient (Wildman–Crippen LogP) is 1.85. The molecular weight excluding hydrogens is 250 g/mol. The van der Waals surface area contributed by atoms with Crippen molar-refractivity contribution in [2.75, 3.05) is 12.3 Å². The van der Waals surface area contributed by atoms with Crippen LogP contribution in [0, 0.1) is 0 Å². The van der Waals surface area contributed by atoms with Gasteiger partial charge in [-0.3, -0.25) is 4.79 Å². The van der Waals surface area contributed by atoms with Gasteiger partial charge in [0.1, 0.15) is 6.04 Å². The molecule has 0 unspecified atom stereocenters. The molecule has 1 fully saturated rings. The number of hydrogen-bond donors (Lipinski definition) is 1. The zero-order valence-electron chi connectivity index (χ0n) is 9.91. The Labute approximate surface area is 110 Å². The average Bonchev–Trinajstić information content (AvgIpc) is 2.86. The van der Waals surface area contributed by atoms with Gasteiger partial charge in [0.15, 0.2) is 0 Å². The third kappa shape index (κ3) is 3.04. The maximum Gasteiger partial charge on any atom is 0.326 e. The predicted molar refractivity (Wildman–Crippen MR) is 69.5 cm³/mol. The van der Waals surface area contributed by atoms with E-state index in [-0.39, 0.29) is 5.91 Å². The highest BCUT2D eigenvalue weighted by Gasteiger charge is 2.33. The maximum atomic E-state index is 12.0. The summed E-state index contributed by atoms with van der Waals surface area (Å²) in [4.78, 5) is 25.5. The van der Waals surface area contributed by atoms with Crippen LogP contribution in [0.4, 0.5) is 0 Å². The monoisotopic (exact) mass is 265 g/mol. The molecule has 4 nitrogen and oxygen atoms in total. The molecule has 1 heterocycles. The van der Waals surface area contributed by atoms with Gasteiger partial charge in [-0.25, -0.2) is 4.79 Å². The van der Waals surface area contributed by atoms with Crippen molar-refractivity contribution in [1.29, 1.82) is 0 Å². The second-order valence-corrected chi connectivity index (χ2v) is 5.23. The van der Waals surface area contributed by atoms with Gasteiger partial charge in [0.2, 0.25) is 5.91 Å². The summed E-state index contributed by atoms with van der Waals surface area (Å²) < 4.78 is 0. The molecule has 1 atom stereocenters. The number of carboxylic acid groups (broad SMARTS) is 1. The minimum absolute atomic E-state index is 0.0891. The summed E-state index contributed by atoms with van der Waals surface area (Å²) in [5.74, 6) is -0.687. The maximum absolute atomic E-state index is 12.0. The van der Waals surface area contributed by atoms with E-state index < -0.39 is 12.0 Å². The number of thioether (sulfide) groups is 1. The van der Waals surface area contributed by atoms with Crippen molar-refractivity contribution < 1.29 is 14.7 Å². The van der Waals surface area contributed by atoms with Crippen LogP contribution in [0.3, 0.4) is 0 Å². The Morgan fingerprint density at radius 1 is 1.33 bits per heavy atom. The number of aliphatic carboxylic acids is 1. The van der Waals surface area contributed by atoms with Gasteiger partial charge < -0.3 is 10.0 Å². The van der Waals surface area contributed by atoms with Crippen molar-refractivity contribution in [1.82, 2.24) is 4.90 Å². The molecule has 1 N–H and O–H groups in total. The molecule has 1 saturated heterocycles. The van der Waals surface area contributed by atoms with Crippen LogP contribution in [-0.4, -0.2) is 40.2 Å². The van der Waals surface area contributed by atoms with Crippen LogP contribution in [-0.2, 0) is 9.59 Å². The van der Waals surface area contributed by atoms with Crippen LogP contribution in [0.1, 0.15) is 12.8 Å². The van der Waals surface area contributed by atoms with Gasteiger partial charge >= 0.3 is 5.97 Å². The van der Waals surface area contributed by atoms with E-state index in [2.05, 4.69) is 0 Å². The molecule has 0 saturated carbocycles. The summed E-state index contributed by atoms with van der Waals surface area (Å²) >= 11 is 1.44. The molecule has 1 aromatic rings. The lowest BCUT2D eigenvalue weighted by Gasteiger charge is -2.21. The van der Waals surface area contributed by atoms with Crippen molar-refractivity contribution in [3.05, 3.63) is 30.3 Å². The van der Waals surface area contributed by atoms with E-state index in [1.807, 2.05) is 30.3 Å². The summed E-state index contributed by atoms with van der Waals surface area (Å²) in [5.41, 5.74) is 0. The quantitative estimate of drug-likeness (QED) is 0.844. The number of hydrogen-bond acceptors (Lipinski definition) is 3. The summed E-state index contributed by atoms with van der Waals surface area (Å²) in [6, 6.07) is 9.01. The lowest BCUT2D eigenvalue weighted by Crippen LogP contribution is -2.41. The van der Waals surface area contributed by atoms with Crippen molar-refractivity contribution in [3.8, 4) is 0 Å². The molecule has 1 aliphatic heterocycles. The zero-order valence-corrected chi connectivity index (χ0v) is 10.7. The highest BCUT2D eigenvalue weighted by molar-refractivity contribution is 8.00. The highest BCUT2D eigenvalue weighted by atomic mass is 32.2. The third-order valence-electron chi connectivity index (χ3n) is 2.96. The van der Waals surface area contributed by atoms with Crippen LogP contribution in [0.5, 0.6) is 0 Å². The first kappa shape index (κ1) is 13.0. The van der Waals surface area contributed by atoms with E-state index in [1.165, 1.54) is 16.7 Å². The fourth-order valence-electron chi connectivity index (χ4n) is 2.07. The van der Waals surface area contributed by atoms with Crippen molar-refractivity contribution >= 4 is 23.6 Å². The number of carboxylic acids is 1. The Balaban J connectivity index is 1.90. The molecule has 1 aromatic carbocycles. The lowest BCUT2D eigenvalue weighted by molar-refractivity contribution is -0.147. The molecule has 0 aromatic heterocycles. The second-order valence-electron chi connectivity index (χ2n) is 4.19. The number of carbonyl (C=O) groups is 2. The van der Waals surface area contributed by atoms with Gasteiger partial charge in [-0.2, -0.15) is 0 Å². The molecule has 1 amide bonds. The summed E-state index contributed by atoms with van der Waals surface area (Å²) in [6.07, 6.45) is 1.34. The Bertz CT molecular complexity index is 435. The first-order valence-corrected chi connectivity index (χ1v) is 6.87. The second kappa shape index (κ2) is 5.91. The largest absolute Gasteiger partial charge is 0.480 e. The van der Waals surface area contributed by atoms with Gasteiger partial charge in [-0.15, -0.1) is 11.8 Å². The molecule has 1 aliphatic rings. The fourth-order valence-corrected chi connectivity index (χ4v) is 2.87. The lowest BCUT2D eigenvalue weighted by atomic mass is 10.2. The smallest absolute Gasteiger partial charge is 0.326 e. The van der Waals surface area contributed by atoms with Crippen molar-refractivity contribution in [2.24, 2.45) is 0 Å². The van der Waals surface area contributed by atoms with Crippen molar-refractivity contribution in [3.63, 3.8) is 0 Å². The molecule has 96 valence electrons. The Morgan fingerprint density at radius 3 is 2.72 bits per heavy atom. The molecule has 18 heavy (non-hydrogen) atoms. The SMILES string of the molecule is O=C(O)[C@@H]1CCCN1C(=O)CSc1ccccc1. The Hall–Kier alpha value is -1.49. The highest BCUT2D eigenvalue weighted by Crippen LogP contribution is 2.22. The molecular formula is C13H15NO3S. The fraction of sp³-hybridized carbons (Fsp3) is 0.385. The van der Waals surface area contributed by atoms with Gasteiger partial charge in [0.25, 0.3) is 0 Å². The van der Waals surface area contributed by atoms with E-state index in [1.54, 1.807) is 0 Å². The first-order chi connectivity index (χ1) is 8.68. The van der Waals surface area contributed by atoms with E-state index in [4.69, 9.17) is 5.11 Å². The summed E-state index contributed by atoms with van der Waals surface area (Å²) in [7, 11) is 0. The van der Waals surface area contributed by atoms with E-state index in [9.17, 15) is 9.59 Å². The van der Waals surface area contributed by atoms with Crippen molar-refractivity contribution in [2.45, 2.75) is 23.8 Å². The summed E-state index contributed by atoms with van der Waals surface area (Å²) in [5, 5.41) is 9.02. The molecule has 5 heteroatoms. The van der Waals surface area contributed by atoms with Gasteiger partial charge in [-0.05, 0) is 25.0 Å². The minimum atomic E-state index is -0.898. The Morgan fingerprint density at radius 2 is 2.06 bits per heavy atom. The van der Waals surface area contributed by atoms with Crippen LogP contribution in [0.25, 0.3) is 0 Å². The normalized spacial score (nSPS) is 18.9. The topological polar surface area (TPSA) is 57.6 Å². The number of amides is 1. The third-order valence-corrected chi connectivity index (χ3v) is 3.96. The van der Waals surface area contributed by atoms with E-state index in [0.29, 0.717) is 18.7 Å². The van der Waals surface area contributed by atoms with Crippen LogP contribution < -0.4 is 0 Å².